The molecule has 0 atom stereocenters. The average Bonchev–Trinajstić information content (AvgIpc) is 2.69. The van der Waals surface area contributed by atoms with Gasteiger partial charge in [-0.25, -0.2) is 8.42 Å². The van der Waals surface area contributed by atoms with Crippen LogP contribution in [0.15, 0.2) is 18.2 Å². The van der Waals surface area contributed by atoms with E-state index in [1.165, 1.54) is 14.2 Å². The van der Waals surface area contributed by atoms with Gasteiger partial charge in [0, 0.05) is 38.8 Å². The van der Waals surface area contributed by atoms with Crippen molar-refractivity contribution in [3.8, 4) is 11.5 Å². The minimum Gasteiger partial charge on any atom is -0.497 e. The molecule has 0 radical (unpaired) electrons. The van der Waals surface area contributed by atoms with Crippen molar-refractivity contribution in [2.75, 3.05) is 77.6 Å². The van der Waals surface area contributed by atoms with Gasteiger partial charge < -0.3 is 24.6 Å². The highest BCUT2D eigenvalue weighted by molar-refractivity contribution is 7.92. The fourth-order valence-electron chi connectivity index (χ4n) is 3.16. The van der Waals surface area contributed by atoms with E-state index in [2.05, 4.69) is 22.2 Å². The zero-order chi connectivity index (χ0) is 21.4. The summed E-state index contributed by atoms with van der Waals surface area (Å²) in [6.07, 6.45) is 1.89. The Kier molecular flexibility index (Phi) is 8.54. The van der Waals surface area contributed by atoms with E-state index in [1.54, 1.807) is 18.2 Å². The van der Waals surface area contributed by atoms with Crippen molar-refractivity contribution in [1.82, 2.24) is 15.1 Å². The summed E-state index contributed by atoms with van der Waals surface area (Å²) in [5.41, 5.74) is 0.295. The number of rotatable bonds is 10. The van der Waals surface area contributed by atoms with Crippen molar-refractivity contribution in [2.45, 2.75) is 6.42 Å². The monoisotopic (exact) mass is 428 g/mol. The molecule has 0 spiro atoms. The van der Waals surface area contributed by atoms with Crippen molar-refractivity contribution < 1.29 is 22.7 Å². The Morgan fingerprint density at radius 2 is 1.86 bits per heavy atom. The molecule has 0 unspecified atom stereocenters. The second-order valence-corrected chi connectivity index (χ2v) is 9.06. The highest BCUT2D eigenvalue weighted by atomic mass is 32.2. The van der Waals surface area contributed by atoms with Gasteiger partial charge in [-0.3, -0.25) is 9.10 Å². The minimum absolute atomic E-state index is 0.295. The molecule has 0 bridgehead atoms. The van der Waals surface area contributed by atoms with Crippen LogP contribution in [-0.4, -0.2) is 97.5 Å². The number of carbonyl (C=O) groups is 1. The highest BCUT2D eigenvalue weighted by Gasteiger charge is 2.24. The van der Waals surface area contributed by atoms with Crippen molar-refractivity contribution in [2.24, 2.45) is 0 Å². The Morgan fingerprint density at radius 1 is 1.17 bits per heavy atom. The standard InChI is InChI=1S/C19H32N4O5S/c1-21-10-12-22(13-11-21)9-5-8-20-19(24)15-23(29(4,25)26)17-7-6-16(27-2)14-18(17)28-3/h6-7,14H,5,8-13,15H2,1-4H3,(H,20,24). The number of anilines is 1. The van der Waals surface area contributed by atoms with Gasteiger partial charge >= 0.3 is 0 Å². The molecule has 29 heavy (non-hydrogen) atoms. The lowest BCUT2D eigenvalue weighted by molar-refractivity contribution is -0.119. The first-order chi connectivity index (χ1) is 13.7. The van der Waals surface area contributed by atoms with Crippen LogP contribution in [0.4, 0.5) is 5.69 Å². The molecule has 1 aliphatic heterocycles. The lowest BCUT2D eigenvalue weighted by atomic mass is 10.2. The molecular weight excluding hydrogens is 396 g/mol. The average molecular weight is 429 g/mol. The first-order valence-corrected chi connectivity index (χ1v) is 11.5. The molecule has 0 saturated carbocycles. The second kappa shape index (κ2) is 10.7. The van der Waals surface area contributed by atoms with E-state index in [-0.39, 0.29) is 12.5 Å². The van der Waals surface area contributed by atoms with E-state index in [0.717, 1.165) is 49.7 Å². The van der Waals surface area contributed by atoms with E-state index in [0.29, 0.717) is 23.7 Å². The van der Waals surface area contributed by atoms with Gasteiger partial charge in [0.15, 0.2) is 0 Å². The smallest absolute Gasteiger partial charge is 0.240 e. The number of benzene rings is 1. The number of nitrogens with zero attached hydrogens (tertiary/aromatic N) is 3. The van der Waals surface area contributed by atoms with Crippen LogP contribution in [0.3, 0.4) is 0 Å². The number of carbonyl (C=O) groups excluding carboxylic acids is 1. The zero-order valence-corrected chi connectivity index (χ0v) is 18.5. The van der Waals surface area contributed by atoms with E-state index in [1.807, 2.05) is 0 Å². The number of ether oxygens (including phenoxy) is 2. The van der Waals surface area contributed by atoms with Gasteiger partial charge in [-0.05, 0) is 32.1 Å². The second-order valence-electron chi connectivity index (χ2n) is 7.16. The molecule has 1 aromatic rings. The normalized spacial score (nSPS) is 15.7. The first kappa shape index (κ1) is 23.2. The molecule has 1 fully saturated rings. The maximum atomic E-state index is 12.4. The summed E-state index contributed by atoms with van der Waals surface area (Å²) in [4.78, 5) is 17.1. The SMILES string of the molecule is COc1ccc(N(CC(=O)NCCCN2CCN(C)CC2)S(C)(=O)=O)c(OC)c1. The summed E-state index contributed by atoms with van der Waals surface area (Å²) in [5, 5.41) is 2.82. The van der Waals surface area contributed by atoms with Crippen molar-refractivity contribution in [1.29, 1.82) is 0 Å². The highest BCUT2D eigenvalue weighted by Crippen LogP contribution is 2.33. The molecule has 1 N–H and O–H groups in total. The van der Waals surface area contributed by atoms with Crippen LogP contribution in [0.5, 0.6) is 11.5 Å². The van der Waals surface area contributed by atoms with Crippen LogP contribution in [0.25, 0.3) is 0 Å². The maximum Gasteiger partial charge on any atom is 0.240 e. The molecule has 1 aliphatic rings. The summed E-state index contributed by atoms with van der Waals surface area (Å²) in [7, 11) is 1.39. The number of hydrogen-bond donors (Lipinski definition) is 1. The summed E-state index contributed by atoms with van der Waals surface area (Å²) >= 11 is 0. The third-order valence-corrected chi connectivity index (χ3v) is 6.04. The first-order valence-electron chi connectivity index (χ1n) is 9.62. The molecule has 1 aromatic carbocycles. The Labute approximate surface area is 173 Å². The van der Waals surface area contributed by atoms with Crippen molar-refractivity contribution in [3.05, 3.63) is 18.2 Å². The molecule has 10 heteroatoms. The molecule has 2 rings (SSSR count). The van der Waals surface area contributed by atoms with Gasteiger partial charge in [0.2, 0.25) is 15.9 Å². The van der Waals surface area contributed by atoms with Crippen molar-refractivity contribution in [3.63, 3.8) is 0 Å². The topological polar surface area (TPSA) is 91.4 Å². The van der Waals surface area contributed by atoms with Crippen molar-refractivity contribution >= 4 is 21.6 Å². The number of methoxy groups -OCH3 is 2. The molecule has 0 aliphatic carbocycles. The van der Waals surface area contributed by atoms with Crippen LogP contribution in [0.2, 0.25) is 0 Å². The number of hydrogen-bond acceptors (Lipinski definition) is 7. The van der Waals surface area contributed by atoms with Crippen LogP contribution < -0.4 is 19.1 Å². The fraction of sp³-hybridized carbons (Fsp3) is 0.632. The van der Waals surface area contributed by atoms with E-state index in [9.17, 15) is 13.2 Å². The number of likely N-dealkylation sites (N-methyl/N-ethyl adjacent to an activating group) is 1. The van der Waals surface area contributed by atoms with Gasteiger partial charge in [0.1, 0.15) is 18.0 Å². The molecule has 1 amide bonds. The van der Waals surface area contributed by atoms with Gasteiger partial charge in [-0.2, -0.15) is 0 Å². The van der Waals surface area contributed by atoms with Gasteiger partial charge in [-0.15, -0.1) is 0 Å². The molecule has 9 nitrogen and oxygen atoms in total. The van der Waals surface area contributed by atoms with Crippen LogP contribution in [0.1, 0.15) is 6.42 Å². The van der Waals surface area contributed by atoms with Gasteiger partial charge in [0.05, 0.1) is 26.2 Å². The van der Waals surface area contributed by atoms with E-state index < -0.39 is 10.0 Å². The summed E-state index contributed by atoms with van der Waals surface area (Å²) in [6.45, 7) is 5.28. The molecule has 164 valence electrons. The maximum absolute atomic E-state index is 12.4. The third kappa shape index (κ3) is 7.06. The third-order valence-electron chi connectivity index (χ3n) is 4.91. The summed E-state index contributed by atoms with van der Waals surface area (Å²) in [6, 6.07) is 4.78. The summed E-state index contributed by atoms with van der Waals surface area (Å²) < 4.78 is 36.1. The predicted molar refractivity (Wildman–Crippen MR) is 113 cm³/mol. The van der Waals surface area contributed by atoms with Gasteiger partial charge in [0.25, 0.3) is 0 Å². The number of amides is 1. The summed E-state index contributed by atoms with van der Waals surface area (Å²) in [5.74, 6) is 0.497. The lowest BCUT2D eigenvalue weighted by Crippen LogP contribution is -2.45. The Morgan fingerprint density at radius 3 is 2.45 bits per heavy atom. The largest absolute Gasteiger partial charge is 0.497 e. The lowest BCUT2D eigenvalue weighted by Gasteiger charge is -2.32. The van der Waals surface area contributed by atoms with Crippen LogP contribution in [0, 0.1) is 0 Å². The Bertz CT molecular complexity index is 779. The molecule has 1 heterocycles. The Balaban J connectivity index is 1.92. The number of sulfonamides is 1. The zero-order valence-electron chi connectivity index (χ0n) is 17.7. The van der Waals surface area contributed by atoms with E-state index >= 15 is 0 Å². The van der Waals surface area contributed by atoms with E-state index in [4.69, 9.17) is 9.47 Å². The fourth-order valence-corrected chi connectivity index (χ4v) is 4.02. The quantitative estimate of drug-likeness (QED) is 0.533. The molecular formula is C19H32N4O5S. The number of piperazine rings is 1. The number of nitrogens with one attached hydrogen (secondary N) is 1. The predicted octanol–water partition coefficient (Wildman–Crippen LogP) is 0.224. The van der Waals surface area contributed by atoms with Gasteiger partial charge in [-0.1, -0.05) is 0 Å². The minimum atomic E-state index is -3.68. The van der Waals surface area contributed by atoms with Crippen LogP contribution in [-0.2, 0) is 14.8 Å². The molecule has 1 saturated heterocycles. The molecule has 0 aromatic heterocycles. The Hall–Kier alpha value is -2.04. The van der Waals surface area contributed by atoms with Crippen LogP contribution >= 0.6 is 0 Å².